The maximum Gasteiger partial charge on any atom is 0.329 e. The van der Waals surface area contributed by atoms with E-state index < -0.39 is 11.8 Å². The molecule has 0 bridgehead atoms. The van der Waals surface area contributed by atoms with Crippen LogP contribution in [-0.2, 0) is 16.1 Å². The zero-order valence-corrected chi connectivity index (χ0v) is 17.6. The maximum absolute atomic E-state index is 12.0. The van der Waals surface area contributed by atoms with E-state index in [-0.39, 0.29) is 0 Å². The Morgan fingerprint density at radius 3 is 2.17 bits per heavy atom. The molecule has 0 atom stereocenters. The van der Waals surface area contributed by atoms with Gasteiger partial charge in [-0.1, -0.05) is 47.5 Å². The number of hydrogen-bond donors (Lipinski definition) is 2. The van der Waals surface area contributed by atoms with E-state index in [0.717, 1.165) is 28.1 Å². The molecule has 1 heterocycles. The third kappa shape index (κ3) is 5.20. The average molecular weight is 403 g/mol. The monoisotopic (exact) mass is 403 g/mol. The first-order valence-corrected chi connectivity index (χ1v) is 9.64. The summed E-state index contributed by atoms with van der Waals surface area (Å²) in [6, 6.07) is 15.5. The van der Waals surface area contributed by atoms with Crippen molar-refractivity contribution in [3.05, 3.63) is 82.2 Å². The van der Waals surface area contributed by atoms with Gasteiger partial charge in [0.25, 0.3) is 0 Å². The van der Waals surface area contributed by atoms with Crippen LogP contribution in [0, 0.1) is 27.7 Å². The Morgan fingerprint density at radius 1 is 0.933 bits per heavy atom. The molecule has 30 heavy (non-hydrogen) atoms. The van der Waals surface area contributed by atoms with Crippen LogP contribution in [0.5, 0.6) is 0 Å². The van der Waals surface area contributed by atoms with Gasteiger partial charge in [-0.2, -0.15) is 10.2 Å². The quantitative estimate of drug-likeness (QED) is 0.389. The molecule has 1 aromatic heterocycles. The Bertz CT molecular complexity index is 1080. The Morgan fingerprint density at radius 2 is 1.53 bits per heavy atom. The summed E-state index contributed by atoms with van der Waals surface area (Å²) in [7, 11) is 0. The van der Waals surface area contributed by atoms with E-state index in [4.69, 9.17) is 0 Å². The molecular formula is C23H25N5O2. The second kappa shape index (κ2) is 9.17. The van der Waals surface area contributed by atoms with Gasteiger partial charge in [-0.15, -0.1) is 0 Å². The smallest absolute Gasteiger partial charge is 0.318 e. The van der Waals surface area contributed by atoms with Crippen LogP contribution in [0.4, 0.5) is 5.69 Å². The molecule has 154 valence electrons. The number of nitrogens with one attached hydrogen (secondary N) is 2. The summed E-state index contributed by atoms with van der Waals surface area (Å²) in [4.78, 5) is 24.0. The highest BCUT2D eigenvalue weighted by atomic mass is 16.2. The molecule has 0 saturated heterocycles. The molecule has 2 N–H and O–H groups in total. The van der Waals surface area contributed by atoms with Crippen molar-refractivity contribution in [2.45, 2.75) is 34.2 Å². The Kier molecular flexibility index (Phi) is 6.41. The Balaban J connectivity index is 1.62. The minimum absolute atomic E-state index is 0.550. The van der Waals surface area contributed by atoms with E-state index in [1.807, 2.05) is 37.6 Å². The highest BCUT2D eigenvalue weighted by molar-refractivity contribution is 6.39. The Hall–Kier alpha value is -3.74. The van der Waals surface area contributed by atoms with E-state index in [1.54, 1.807) is 12.1 Å². The van der Waals surface area contributed by atoms with Crippen LogP contribution in [0.3, 0.4) is 0 Å². The molecule has 3 aromatic rings. The van der Waals surface area contributed by atoms with Gasteiger partial charge < -0.3 is 5.32 Å². The van der Waals surface area contributed by atoms with Gasteiger partial charge in [0.2, 0.25) is 0 Å². The summed E-state index contributed by atoms with van der Waals surface area (Å²) in [5, 5.41) is 11.0. The second-order valence-corrected chi connectivity index (χ2v) is 7.25. The number of rotatable bonds is 5. The molecule has 0 fully saturated rings. The number of aromatic nitrogens is 2. The van der Waals surface area contributed by atoms with E-state index in [9.17, 15) is 9.59 Å². The molecule has 0 radical (unpaired) electrons. The number of aryl methyl sites for hydroxylation is 3. The number of nitrogens with zero attached hydrogens (tertiary/aromatic N) is 3. The SMILES string of the molecule is Cc1ccc(Cn2nc(C)c(/C=N\NC(=O)C(=O)Nc3ccc(C)cc3)c2C)cc1. The predicted octanol–water partition coefficient (Wildman–Crippen LogP) is 3.25. The molecule has 0 spiro atoms. The summed E-state index contributed by atoms with van der Waals surface area (Å²) < 4.78 is 1.90. The van der Waals surface area contributed by atoms with Crippen molar-refractivity contribution in [1.82, 2.24) is 15.2 Å². The molecule has 0 aliphatic heterocycles. The molecule has 0 saturated carbocycles. The third-order valence-corrected chi connectivity index (χ3v) is 4.77. The molecule has 0 aliphatic carbocycles. The maximum atomic E-state index is 12.0. The van der Waals surface area contributed by atoms with Gasteiger partial charge in [0.05, 0.1) is 18.5 Å². The lowest BCUT2D eigenvalue weighted by Crippen LogP contribution is -2.32. The highest BCUT2D eigenvalue weighted by Gasteiger charge is 2.14. The molecule has 2 amide bonds. The lowest BCUT2D eigenvalue weighted by Gasteiger charge is -2.05. The van der Waals surface area contributed by atoms with Crippen LogP contribution in [0.2, 0.25) is 0 Å². The van der Waals surface area contributed by atoms with E-state index in [1.165, 1.54) is 11.8 Å². The highest BCUT2D eigenvalue weighted by Crippen LogP contribution is 2.13. The van der Waals surface area contributed by atoms with Crippen LogP contribution >= 0.6 is 0 Å². The predicted molar refractivity (Wildman–Crippen MR) is 118 cm³/mol. The fraction of sp³-hybridized carbons (Fsp3) is 0.217. The van der Waals surface area contributed by atoms with E-state index >= 15 is 0 Å². The van der Waals surface area contributed by atoms with Crippen LogP contribution in [0.15, 0.2) is 53.6 Å². The van der Waals surface area contributed by atoms with Gasteiger partial charge in [-0.05, 0) is 45.4 Å². The number of amides is 2. The van der Waals surface area contributed by atoms with Crippen molar-refractivity contribution in [1.29, 1.82) is 0 Å². The zero-order valence-electron chi connectivity index (χ0n) is 17.6. The van der Waals surface area contributed by atoms with Crippen molar-refractivity contribution >= 4 is 23.7 Å². The number of carbonyl (C=O) groups excluding carboxylic acids is 2. The number of hydrazone groups is 1. The van der Waals surface area contributed by atoms with Crippen molar-refractivity contribution in [2.75, 3.05) is 5.32 Å². The summed E-state index contributed by atoms with van der Waals surface area (Å²) >= 11 is 0. The Labute approximate surface area is 175 Å². The third-order valence-electron chi connectivity index (χ3n) is 4.77. The van der Waals surface area contributed by atoms with Gasteiger partial charge in [-0.25, -0.2) is 5.43 Å². The molecular weight excluding hydrogens is 378 g/mol. The normalized spacial score (nSPS) is 10.9. The van der Waals surface area contributed by atoms with Crippen molar-refractivity contribution < 1.29 is 9.59 Å². The molecule has 0 aliphatic rings. The number of carbonyl (C=O) groups is 2. The lowest BCUT2D eigenvalue weighted by molar-refractivity contribution is -0.136. The van der Waals surface area contributed by atoms with Crippen LogP contribution in [-0.4, -0.2) is 27.8 Å². The van der Waals surface area contributed by atoms with Crippen LogP contribution in [0.25, 0.3) is 0 Å². The summed E-state index contributed by atoms with van der Waals surface area (Å²) in [5.41, 5.74) is 8.76. The minimum atomic E-state index is -0.839. The summed E-state index contributed by atoms with van der Waals surface area (Å²) in [6.45, 7) is 8.47. The van der Waals surface area contributed by atoms with Gasteiger partial charge >= 0.3 is 11.8 Å². The standard InChI is InChI=1S/C23H25N5O2/c1-15-5-9-19(10-6-15)14-28-18(4)21(17(3)27-28)13-24-26-23(30)22(29)25-20-11-7-16(2)8-12-20/h5-13H,14H2,1-4H3,(H,25,29)(H,26,30)/b24-13-. The van der Waals surface area contributed by atoms with Crippen LogP contribution < -0.4 is 10.7 Å². The first kappa shape index (κ1) is 21.0. The van der Waals surface area contributed by atoms with Gasteiger partial charge in [0, 0.05) is 16.9 Å². The molecule has 7 nitrogen and oxygen atoms in total. The second-order valence-electron chi connectivity index (χ2n) is 7.25. The van der Waals surface area contributed by atoms with Crippen molar-refractivity contribution in [2.24, 2.45) is 5.10 Å². The van der Waals surface area contributed by atoms with E-state index in [0.29, 0.717) is 12.2 Å². The average Bonchev–Trinajstić information content (AvgIpc) is 2.98. The number of hydrogen-bond acceptors (Lipinski definition) is 4. The summed E-state index contributed by atoms with van der Waals surface area (Å²) in [5.74, 6) is -1.62. The van der Waals surface area contributed by atoms with E-state index in [2.05, 4.69) is 52.1 Å². The molecule has 7 heteroatoms. The molecule has 2 aromatic carbocycles. The van der Waals surface area contributed by atoms with Crippen molar-refractivity contribution in [3.63, 3.8) is 0 Å². The number of anilines is 1. The molecule has 3 rings (SSSR count). The fourth-order valence-electron chi connectivity index (χ4n) is 2.95. The van der Waals surface area contributed by atoms with Gasteiger partial charge in [0.1, 0.15) is 0 Å². The fourth-order valence-corrected chi connectivity index (χ4v) is 2.95. The van der Waals surface area contributed by atoms with Crippen LogP contribution in [0.1, 0.15) is 33.6 Å². The number of benzene rings is 2. The first-order chi connectivity index (χ1) is 14.3. The largest absolute Gasteiger partial charge is 0.329 e. The summed E-state index contributed by atoms with van der Waals surface area (Å²) in [6.07, 6.45) is 1.51. The van der Waals surface area contributed by atoms with Gasteiger partial charge in [-0.3, -0.25) is 14.3 Å². The lowest BCUT2D eigenvalue weighted by atomic mass is 10.1. The topological polar surface area (TPSA) is 88.4 Å². The first-order valence-electron chi connectivity index (χ1n) is 9.64. The van der Waals surface area contributed by atoms with Crippen molar-refractivity contribution in [3.8, 4) is 0 Å². The van der Waals surface area contributed by atoms with Gasteiger partial charge in [0.15, 0.2) is 0 Å². The minimum Gasteiger partial charge on any atom is -0.318 e. The zero-order chi connectivity index (χ0) is 21.7. The molecule has 0 unspecified atom stereocenters.